The molecule has 4 heteroatoms. The fourth-order valence-corrected chi connectivity index (χ4v) is 1.71. The van der Waals surface area contributed by atoms with Crippen LogP contribution in [-0.4, -0.2) is 21.3 Å². The van der Waals surface area contributed by atoms with E-state index < -0.39 is 0 Å². The molecule has 1 aromatic heterocycles. The maximum Gasteiger partial charge on any atom is 0.138 e. The minimum Gasteiger partial charge on any atom is -0.330 e. The maximum absolute atomic E-state index is 5.59. The Balaban J connectivity index is 2.49. The number of rotatable bonds is 6. The standard InChI is InChI=1S/C11H22N4/c1-4-15-10(13-9-14-15)5-6-11(2,3)7-8-12/h9H,4-8,12H2,1-3H3. The molecule has 1 rings (SSSR count). The minimum atomic E-state index is 0.305. The van der Waals surface area contributed by atoms with Crippen LogP contribution in [0.3, 0.4) is 0 Å². The average Bonchev–Trinajstić information content (AvgIpc) is 2.62. The summed E-state index contributed by atoms with van der Waals surface area (Å²) in [6.45, 7) is 8.25. The second-order valence-corrected chi connectivity index (χ2v) is 4.69. The van der Waals surface area contributed by atoms with Gasteiger partial charge in [-0.3, -0.25) is 4.68 Å². The first-order valence-electron chi connectivity index (χ1n) is 5.66. The van der Waals surface area contributed by atoms with E-state index in [4.69, 9.17) is 5.73 Å². The molecular formula is C11H22N4. The van der Waals surface area contributed by atoms with Gasteiger partial charge in [0.1, 0.15) is 12.2 Å². The van der Waals surface area contributed by atoms with Crippen molar-refractivity contribution in [1.29, 1.82) is 0 Å². The molecule has 15 heavy (non-hydrogen) atoms. The molecule has 1 heterocycles. The van der Waals surface area contributed by atoms with Crippen molar-refractivity contribution in [1.82, 2.24) is 14.8 Å². The average molecular weight is 210 g/mol. The Hall–Kier alpha value is -0.900. The monoisotopic (exact) mass is 210 g/mol. The number of hydrogen-bond donors (Lipinski definition) is 1. The van der Waals surface area contributed by atoms with Gasteiger partial charge >= 0.3 is 0 Å². The molecule has 0 aliphatic rings. The molecule has 0 saturated carbocycles. The number of hydrogen-bond acceptors (Lipinski definition) is 3. The van der Waals surface area contributed by atoms with Crippen LogP contribution in [0.1, 0.15) is 39.4 Å². The van der Waals surface area contributed by atoms with E-state index in [0.29, 0.717) is 5.41 Å². The van der Waals surface area contributed by atoms with Crippen molar-refractivity contribution in [2.75, 3.05) is 6.54 Å². The summed E-state index contributed by atoms with van der Waals surface area (Å²) >= 11 is 0. The second-order valence-electron chi connectivity index (χ2n) is 4.69. The zero-order chi connectivity index (χ0) is 11.3. The maximum atomic E-state index is 5.59. The number of aryl methyl sites for hydroxylation is 2. The van der Waals surface area contributed by atoms with Crippen LogP contribution in [0.5, 0.6) is 0 Å². The SMILES string of the molecule is CCn1ncnc1CCC(C)(C)CCN. The summed E-state index contributed by atoms with van der Waals surface area (Å²) in [5.41, 5.74) is 5.89. The summed E-state index contributed by atoms with van der Waals surface area (Å²) in [4.78, 5) is 4.27. The second kappa shape index (κ2) is 5.26. The van der Waals surface area contributed by atoms with E-state index >= 15 is 0 Å². The van der Waals surface area contributed by atoms with Crippen LogP contribution >= 0.6 is 0 Å². The van der Waals surface area contributed by atoms with Crippen LogP contribution in [0.2, 0.25) is 0 Å². The molecule has 0 saturated heterocycles. The molecular weight excluding hydrogens is 188 g/mol. The molecule has 0 amide bonds. The largest absolute Gasteiger partial charge is 0.330 e. The van der Waals surface area contributed by atoms with Gasteiger partial charge < -0.3 is 5.73 Å². The normalized spacial score (nSPS) is 12.0. The zero-order valence-electron chi connectivity index (χ0n) is 10.0. The van der Waals surface area contributed by atoms with Crippen molar-refractivity contribution in [2.24, 2.45) is 11.1 Å². The zero-order valence-corrected chi connectivity index (χ0v) is 10.0. The van der Waals surface area contributed by atoms with E-state index in [1.165, 1.54) is 0 Å². The summed E-state index contributed by atoms with van der Waals surface area (Å²) in [7, 11) is 0. The Labute approximate surface area is 91.9 Å². The quantitative estimate of drug-likeness (QED) is 0.776. The van der Waals surface area contributed by atoms with E-state index in [1.807, 2.05) is 4.68 Å². The van der Waals surface area contributed by atoms with Crippen molar-refractivity contribution >= 4 is 0 Å². The fraction of sp³-hybridized carbons (Fsp3) is 0.818. The van der Waals surface area contributed by atoms with E-state index in [9.17, 15) is 0 Å². The molecule has 0 radical (unpaired) electrons. The molecule has 1 aromatic rings. The number of nitrogens with two attached hydrogens (primary N) is 1. The third kappa shape index (κ3) is 3.63. The predicted octanol–water partition coefficient (Wildman–Crippen LogP) is 1.61. The molecule has 0 aromatic carbocycles. The molecule has 0 fully saturated rings. The van der Waals surface area contributed by atoms with Gasteiger partial charge in [-0.1, -0.05) is 13.8 Å². The van der Waals surface area contributed by atoms with E-state index in [1.54, 1.807) is 6.33 Å². The summed E-state index contributed by atoms with van der Waals surface area (Å²) in [5.74, 6) is 1.09. The lowest BCUT2D eigenvalue weighted by Gasteiger charge is -2.23. The number of aromatic nitrogens is 3. The van der Waals surface area contributed by atoms with Crippen molar-refractivity contribution in [3.05, 3.63) is 12.2 Å². The van der Waals surface area contributed by atoms with E-state index in [0.717, 1.165) is 38.2 Å². The Morgan fingerprint density at radius 2 is 2.13 bits per heavy atom. The van der Waals surface area contributed by atoms with Gasteiger partial charge in [0.25, 0.3) is 0 Å². The van der Waals surface area contributed by atoms with Gasteiger partial charge in [-0.15, -0.1) is 0 Å². The smallest absolute Gasteiger partial charge is 0.138 e. The molecule has 0 aliphatic carbocycles. The van der Waals surface area contributed by atoms with Crippen LogP contribution in [0.15, 0.2) is 6.33 Å². The Morgan fingerprint density at radius 1 is 1.40 bits per heavy atom. The summed E-state index contributed by atoms with van der Waals surface area (Å²) < 4.78 is 1.96. The van der Waals surface area contributed by atoms with Gasteiger partial charge in [0.15, 0.2) is 0 Å². The molecule has 0 bridgehead atoms. The Kier molecular flexibility index (Phi) is 4.27. The molecule has 4 nitrogen and oxygen atoms in total. The summed E-state index contributed by atoms with van der Waals surface area (Å²) in [6, 6.07) is 0. The predicted molar refractivity (Wildman–Crippen MR) is 61.5 cm³/mol. The van der Waals surface area contributed by atoms with Crippen molar-refractivity contribution in [3.8, 4) is 0 Å². The first kappa shape index (κ1) is 12.2. The molecule has 0 spiro atoms. The topological polar surface area (TPSA) is 56.7 Å². The number of nitrogens with zero attached hydrogens (tertiary/aromatic N) is 3. The van der Waals surface area contributed by atoms with Crippen LogP contribution in [0, 0.1) is 5.41 Å². The molecule has 0 unspecified atom stereocenters. The lowest BCUT2D eigenvalue weighted by atomic mass is 9.84. The summed E-state index contributed by atoms with van der Waals surface area (Å²) in [5, 5.41) is 4.16. The van der Waals surface area contributed by atoms with Crippen molar-refractivity contribution in [3.63, 3.8) is 0 Å². The first-order chi connectivity index (χ1) is 7.09. The van der Waals surface area contributed by atoms with E-state index in [2.05, 4.69) is 30.9 Å². The molecule has 0 aliphatic heterocycles. The van der Waals surface area contributed by atoms with Gasteiger partial charge in [0, 0.05) is 13.0 Å². The minimum absolute atomic E-state index is 0.305. The highest BCUT2D eigenvalue weighted by molar-refractivity contribution is 4.86. The highest BCUT2D eigenvalue weighted by Crippen LogP contribution is 2.25. The van der Waals surface area contributed by atoms with Crippen LogP contribution in [0.25, 0.3) is 0 Å². The molecule has 2 N–H and O–H groups in total. The Morgan fingerprint density at radius 3 is 2.73 bits per heavy atom. The van der Waals surface area contributed by atoms with Crippen LogP contribution in [0.4, 0.5) is 0 Å². The van der Waals surface area contributed by atoms with Gasteiger partial charge in [-0.05, 0) is 31.7 Å². The van der Waals surface area contributed by atoms with Gasteiger partial charge in [-0.25, -0.2) is 4.98 Å². The third-order valence-electron chi connectivity index (χ3n) is 2.84. The summed E-state index contributed by atoms with van der Waals surface area (Å²) in [6.07, 6.45) is 4.80. The lowest BCUT2D eigenvalue weighted by Crippen LogP contribution is -2.18. The highest BCUT2D eigenvalue weighted by Gasteiger charge is 2.17. The van der Waals surface area contributed by atoms with E-state index in [-0.39, 0.29) is 0 Å². The highest BCUT2D eigenvalue weighted by atomic mass is 15.3. The third-order valence-corrected chi connectivity index (χ3v) is 2.84. The fourth-order valence-electron chi connectivity index (χ4n) is 1.71. The molecule has 0 atom stereocenters. The van der Waals surface area contributed by atoms with Crippen LogP contribution in [-0.2, 0) is 13.0 Å². The van der Waals surface area contributed by atoms with Crippen molar-refractivity contribution in [2.45, 2.75) is 46.6 Å². The van der Waals surface area contributed by atoms with Gasteiger partial charge in [-0.2, -0.15) is 5.10 Å². The molecule has 86 valence electrons. The first-order valence-corrected chi connectivity index (χ1v) is 5.66. The van der Waals surface area contributed by atoms with Crippen molar-refractivity contribution < 1.29 is 0 Å². The lowest BCUT2D eigenvalue weighted by molar-refractivity contribution is 0.308. The Bertz CT molecular complexity index is 291. The van der Waals surface area contributed by atoms with Crippen LogP contribution < -0.4 is 5.73 Å². The van der Waals surface area contributed by atoms with Gasteiger partial charge in [0.05, 0.1) is 0 Å². The van der Waals surface area contributed by atoms with Gasteiger partial charge in [0.2, 0.25) is 0 Å².